The number of aliphatic carboxylic acids is 1. The monoisotopic (exact) mass is 479 g/mol. The molecule has 2 aromatic heterocycles. The first-order valence-corrected chi connectivity index (χ1v) is 12.4. The summed E-state index contributed by atoms with van der Waals surface area (Å²) in [6, 6.07) is 11.3. The molecule has 1 aliphatic heterocycles. The second-order valence-corrected chi connectivity index (χ2v) is 9.49. The summed E-state index contributed by atoms with van der Waals surface area (Å²) in [5.41, 5.74) is 2.64. The van der Waals surface area contributed by atoms with Gasteiger partial charge in [-0.1, -0.05) is 0 Å². The number of benzene rings is 1. The maximum atomic E-state index is 15.5. The van der Waals surface area contributed by atoms with Gasteiger partial charge in [-0.15, -0.1) is 0 Å². The van der Waals surface area contributed by atoms with Gasteiger partial charge in [-0.3, -0.25) is 14.8 Å². The van der Waals surface area contributed by atoms with E-state index in [0.717, 1.165) is 49.8 Å². The number of fused-ring (bicyclic) bond motifs is 1. The summed E-state index contributed by atoms with van der Waals surface area (Å²) in [6.45, 7) is 2.64. The van der Waals surface area contributed by atoms with E-state index in [1.807, 2.05) is 42.7 Å². The number of carboxylic acids is 1. The van der Waals surface area contributed by atoms with Crippen molar-refractivity contribution >= 4 is 16.9 Å². The zero-order valence-corrected chi connectivity index (χ0v) is 20.3. The molecule has 35 heavy (non-hydrogen) atoms. The molecule has 1 fully saturated rings. The third kappa shape index (κ3) is 6.75. The molecule has 0 aliphatic carbocycles. The van der Waals surface area contributed by atoms with Gasteiger partial charge in [-0.25, -0.2) is 4.39 Å². The highest BCUT2D eigenvalue weighted by atomic mass is 19.1. The molecule has 0 radical (unpaired) electrons. The third-order valence-corrected chi connectivity index (χ3v) is 7.21. The van der Waals surface area contributed by atoms with Crippen molar-refractivity contribution in [1.29, 1.82) is 0 Å². The number of carbonyl (C=O) groups is 1. The summed E-state index contributed by atoms with van der Waals surface area (Å²) in [6.07, 6.45) is 8.25. The fraction of sp³-hybridized carbons (Fsp3) is 0.464. The number of rotatable bonds is 11. The molecule has 186 valence electrons. The largest absolute Gasteiger partial charge is 0.497 e. The lowest BCUT2D eigenvalue weighted by Gasteiger charge is -2.38. The molecule has 1 aliphatic rings. The first kappa shape index (κ1) is 25.0. The number of methoxy groups -OCH3 is 1. The highest BCUT2D eigenvalue weighted by Crippen LogP contribution is 2.36. The summed E-state index contributed by atoms with van der Waals surface area (Å²) in [4.78, 5) is 22.4. The van der Waals surface area contributed by atoms with Crippen LogP contribution < -0.4 is 4.74 Å². The van der Waals surface area contributed by atoms with Crippen molar-refractivity contribution in [3.8, 4) is 5.75 Å². The van der Waals surface area contributed by atoms with Gasteiger partial charge in [0.25, 0.3) is 0 Å². The van der Waals surface area contributed by atoms with E-state index >= 15 is 4.39 Å². The zero-order chi connectivity index (χ0) is 24.6. The van der Waals surface area contributed by atoms with Crippen LogP contribution in [0.3, 0.4) is 0 Å². The molecule has 4 rings (SSSR count). The zero-order valence-electron chi connectivity index (χ0n) is 20.3. The van der Waals surface area contributed by atoms with Gasteiger partial charge in [0.05, 0.1) is 12.6 Å². The normalized spacial score (nSPS) is 19.5. The van der Waals surface area contributed by atoms with E-state index < -0.39 is 12.1 Å². The van der Waals surface area contributed by atoms with Crippen LogP contribution in [0.15, 0.2) is 55.0 Å². The van der Waals surface area contributed by atoms with E-state index in [2.05, 4.69) is 14.9 Å². The standard InChI is InChI=1S/C28H34FN3O3/c1-35-23-5-7-27-25(18-23)24(10-14-31-27)26(29)6-4-21-11-16-32(19-22(21)17-28(33)34)15-2-3-20-8-12-30-13-9-20/h5,7-10,12-14,18,21-22,26H,2-4,6,11,15-17,19H2,1H3,(H,33,34)/t21-,22+,26-/m1/s1. The molecule has 3 atom stereocenters. The van der Waals surface area contributed by atoms with E-state index in [1.165, 1.54) is 5.56 Å². The molecular weight excluding hydrogens is 445 g/mol. The molecule has 0 spiro atoms. The molecule has 1 saturated heterocycles. The number of alkyl halides is 1. The Morgan fingerprint density at radius 2 is 2.03 bits per heavy atom. The van der Waals surface area contributed by atoms with Crippen molar-refractivity contribution < 1.29 is 19.0 Å². The molecule has 1 aromatic carbocycles. The SMILES string of the molecule is COc1ccc2nccc([C@H](F)CC[C@@H]3CCN(CCCc4ccncc4)C[C@@H]3CC(=O)O)c2c1. The minimum atomic E-state index is -1.13. The Labute approximate surface area is 206 Å². The van der Waals surface area contributed by atoms with E-state index in [-0.39, 0.29) is 18.3 Å². The van der Waals surface area contributed by atoms with Crippen molar-refractivity contribution in [1.82, 2.24) is 14.9 Å². The highest BCUT2D eigenvalue weighted by Gasteiger charge is 2.31. The summed E-state index contributed by atoms with van der Waals surface area (Å²) in [5, 5.41) is 10.3. The smallest absolute Gasteiger partial charge is 0.303 e. The summed E-state index contributed by atoms with van der Waals surface area (Å²) in [7, 11) is 1.60. The van der Waals surface area contributed by atoms with Crippen LogP contribution in [0.25, 0.3) is 10.9 Å². The van der Waals surface area contributed by atoms with Gasteiger partial charge in [0.15, 0.2) is 0 Å². The quantitative estimate of drug-likeness (QED) is 0.393. The van der Waals surface area contributed by atoms with E-state index in [0.29, 0.717) is 24.2 Å². The number of nitrogens with zero attached hydrogens (tertiary/aromatic N) is 3. The number of aryl methyl sites for hydroxylation is 1. The molecule has 0 bridgehead atoms. The summed E-state index contributed by atoms with van der Waals surface area (Å²) < 4.78 is 20.8. The van der Waals surface area contributed by atoms with Crippen molar-refractivity contribution in [3.05, 3.63) is 66.1 Å². The van der Waals surface area contributed by atoms with Gasteiger partial charge < -0.3 is 14.7 Å². The number of likely N-dealkylation sites (tertiary alicyclic amines) is 1. The predicted molar refractivity (Wildman–Crippen MR) is 134 cm³/mol. The molecular formula is C28H34FN3O3. The van der Waals surface area contributed by atoms with E-state index in [9.17, 15) is 9.90 Å². The van der Waals surface area contributed by atoms with Crippen LogP contribution in [0.1, 0.15) is 49.4 Å². The Morgan fingerprint density at radius 3 is 2.80 bits per heavy atom. The second kappa shape index (κ2) is 12.1. The third-order valence-electron chi connectivity index (χ3n) is 7.21. The van der Waals surface area contributed by atoms with Gasteiger partial charge >= 0.3 is 5.97 Å². The van der Waals surface area contributed by atoms with Crippen LogP contribution in [0.5, 0.6) is 5.75 Å². The Bertz CT molecular complexity index is 1110. The lowest BCUT2D eigenvalue weighted by molar-refractivity contribution is -0.139. The van der Waals surface area contributed by atoms with Crippen LogP contribution in [-0.4, -0.2) is 52.7 Å². The van der Waals surface area contributed by atoms with Crippen LogP contribution in [0.4, 0.5) is 4.39 Å². The summed E-state index contributed by atoms with van der Waals surface area (Å²) >= 11 is 0. The van der Waals surface area contributed by atoms with Crippen molar-refractivity contribution in [2.24, 2.45) is 11.8 Å². The second-order valence-electron chi connectivity index (χ2n) is 9.49. The van der Waals surface area contributed by atoms with Crippen LogP contribution >= 0.6 is 0 Å². The molecule has 3 aromatic rings. The lowest BCUT2D eigenvalue weighted by Crippen LogP contribution is -2.42. The van der Waals surface area contributed by atoms with Crippen LogP contribution in [0.2, 0.25) is 0 Å². The first-order chi connectivity index (χ1) is 17.0. The van der Waals surface area contributed by atoms with Crippen molar-refractivity contribution in [3.63, 3.8) is 0 Å². The Morgan fingerprint density at radius 1 is 1.20 bits per heavy atom. The van der Waals surface area contributed by atoms with E-state index in [4.69, 9.17) is 4.74 Å². The molecule has 3 heterocycles. The van der Waals surface area contributed by atoms with Crippen molar-refractivity contribution in [2.75, 3.05) is 26.7 Å². The fourth-order valence-electron chi connectivity index (χ4n) is 5.31. The number of ether oxygens (including phenoxy) is 1. The number of halogens is 1. The molecule has 0 amide bonds. The number of aromatic nitrogens is 2. The number of pyridine rings is 2. The molecule has 7 heteroatoms. The maximum Gasteiger partial charge on any atom is 0.303 e. The topological polar surface area (TPSA) is 75.5 Å². The summed E-state index contributed by atoms with van der Waals surface area (Å²) in [5.74, 6) is 0.159. The van der Waals surface area contributed by atoms with Gasteiger partial charge in [-0.05, 0) is 105 Å². The number of hydrogen-bond donors (Lipinski definition) is 1. The average Bonchev–Trinajstić information content (AvgIpc) is 2.87. The van der Waals surface area contributed by atoms with Gasteiger partial charge in [0, 0.05) is 36.9 Å². The van der Waals surface area contributed by atoms with Crippen molar-refractivity contribution in [2.45, 2.75) is 44.7 Å². The van der Waals surface area contributed by atoms with E-state index in [1.54, 1.807) is 19.4 Å². The molecule has 0 saturated carbocycles. The first-order valence-electron chi connectivity index (χ1n) is 12.4. The minimum Gasteiger partial charge on any atom is -0.497 e. The predicted octanol–water partition coefficient (Wildman–Crippen LogP) is 5.47. The van der Waals surface area contributed by atoms with Gasteiger partial charge in [0.1, 0.15) is 11.9 Å². The Balaban J connectivity index is 1.35. The van der Waals surface area contributed by atoms with Gasteiger partial charge in [-0.2, -0.15) is 0 Å². The lowest BCUT2D eigenvalue weighted by atomic mass is 9.79. The van der Waals surface area contributed by atoms with Gasteiger partial charge in [0.2, 0.25) is 0 Å². The fourth-order valence-corrected chi connectivity index (χ4v) is 5.31. The maximum absolute atomic E-state index is 15.5. The Kier molecular flexibility index (Phi) is 8.64. The van der Waals surface area contributed by atoms with Crippen LogP contribution in [0, 0.1) is 11.8 Å². The minimum absolute atomic E-state index is 0.0450. The molecule has 6 nitrogen and oxygen atoms in total. The number of piperidine rings is 1. The highest BCUT2D eigenvalue weighted by molar-refractivity contribution is 5.83. The number of hydrogen-bond acceptors (Lipinski definition) is 5. The number of carboxylic acid groups (broad SMARTS) is 1. The molecule has 0 unspecified atom stereocenters. The molecule has 1 N–H and O–H groups in total. The van der Waals surface area contributed by atoms with Crippen LogP contribution in [-0.2, 0) is 11.2 Å². The average molecular weight is 480 g/mol. The Hall–Kier alpha value is -3.06.